The van der Waals surface area contributed by atoms with E-state index in [1.54, 1.807) is 0 Å². The molecule has 0 aliphatic heterocycles. The number of rotatable bonds is 6. The maximum Gasteiger partial charge on any atom is 0.315 e. The Kier molecular flexibility index (Phi) is 6.71. The van der Waals surface area contributed by atoms with Gasteiger partial charge in [0.15, 0.2) is 0 Å². The molecule has 0 aliphatic rings. The van der Waals surface area contributed by atoms with Gasteiger partial charge in [0.05, 0.1) is 6.04 Å². The summed E-state index contributed by atoms with van der Waals surface area (Å²) in [6, 6.07) is 7.35. The van der Waals surface area contributed by atoms with Crippen LogP contribution in [0.25, 0.3) is 0 Å². The molecular formula is C15H23ClN2O. The summed E-state index contributed by atoms with van der Waals surface area (Å²) in [5.74, 6) is 0.676. The summed E-state index contributed by atoms with van der Waals surface area (Å²) in [6.45, 7) is 7.02. The Morgan fingerprint density at radius 2 is 2.05 bits per heavy atom. The van der Waals surface area contributed by atoms with Crippen LogP contribution in [0.1, 0.15) is 45.2 Å². The Balaban J connectivity index is 2.32. The fourth-order valence-corrected chi connectivity index (χ4v) is 2.02. The van der Waals surface area contributed by atoms with E-state index in [1.165, 1.54) is 0 Å². The second kappa shape index (κ2) is 8.05. The van der Waals surface area contributed by atoms with E-state index in [-0.39, 0.29) is 12.1 Å². The number of carbonyl (C=O) groups excluding carboxylic acids is 1. The minimum Gasteiger partial charge on any atom is -0.338 e. The lowest BCUT2D eigenvalue weighted by Gasteiger charge is -2.15. The van der Waals surface area contributed by atoms with Gasteiger partial charge in [0, 0.05) is 11.6 Å². The topological polar surface area (TPSA) is 41.1 Å². The van der Waals surface area contributed by atoms with E-state index in [0.29, 0.717) is 17.5 Å². The standard InChI is InChI=1S/C15H23ClN2O/c1-11(2)6-5-9-17-15(19)18-12(3)13-7-4-8-14(16)10-13/h4,7-8,10-12H,5-6,9H2,1-3H3,(H2,17,18,19). The first kappa shape index (κ1) is 15.8. The SMILES string of the molecule is CC(C)CCCNC(=O)NC(C)c1cccc(Cl)c1. The minimum atomic E-state index is -0.128. The van der Waals surface area contributed by atoms with Gasteiger partial charge in [0.1, 0.15) is 0 Å². The van der Waals surface area contributed by atoms with Crippen molar-refractivity contribution in [1.82, 2.24) is 10.6 Å². The zero-order chi connectivity index (χ0) is 14.3. The molecule has 0 aromatic heterocycles. The molecule has 19 heavy (non-hydrogen) atoms. The highest BCUT2D eigenvalue weighted by Gasteiger charge is 2.09. The van der Waals surface area contributed by atoms with Crippen molar-refractivity contribution in [3.05, 3.63) is 34.9 Å². The Bertz CT molecular complexity index is 407. The third kappa shape index (κ3) is 6.48. The summed E-state index contributed by atoms with van der Waals surface area (Å²) in [6.07, 6.45) is 2.14. The first-order chi connectivity index (χ1) is 8.99. The molecule has 2 N–H and O–H groups in total. The number of amides is 2. The predicted octanol–water partition coefficient (Wildman–Crippen LogP) is 4.14. The third-order valence-electron chi connectivity index (χ3n) is 2.94. The summed E-state index contributed by atoms with van der Waals surface area (Å²) in [5, 5.41) is 6.46. The lowest BCUT2D eigenvalue weighted by atomic mass is 10.1. The molecule has 4 heteroatoms. The molecule has 0 fully saturated rings. The molecule has 1 aromatic rings. The van der Waals surface area contributed by atoms with Gasteiger partial charge in [0.2, 0.25) is 0 Å². The summed E-state index contributed by atoms with van der Waals surface area (Å²) in [7, 11) is 0. The number of benzene rings is 1. The van der Waals surface area contributed by atoms with Gasteiger partial charge in [-0.05, 0) is 43.4 Å². The molecule has 0 heterocycles. The lowest BCUT2D eigenvalue weighted by molar-refractivity contribution is 0.237. The van der Waals surface area contributed by atoms with Crippen LogP contribution < -0.4 is 10.6 Å². The van der Waals surface area contributed by atoms with Gasteiger partial charge in [-0.2, -0.15) is 0 Å². The van der Waals surface area contributed by atoms with E-state index in [0.717, 1.165) is 18.4 Å². The Morgan fingerprint density at radius 3 is 2.68 bits per heavy atom. The first-order valence-corrected chi connectivity index (χ1v) is 7.16. The van der Waals surface area contributed by atoms with E-state index >= 15 is 0 Å². The molecule has 1 aromatic carbocycles. The summed E-state index contributed by atoms with van der Waals surface area (Å²) in [4.78, 5) is 11.7. The van der Waals surface area contributed by atoms with Crippen molar-refractivity contribution in [3.63, 3.8) is 0 Å². The van der Waals surface area contributed by atoms with Gasteiger partial charge < -0.3 is 10.6 Å². The summed E-state index contributed by atoms with van der Waals surface area (Å²) in [5.41, 5.74) is 1.00. The number of carbonyl (C=O) groups is 1. The van der Waals surface area contributed by atoms with Crippen molar-refractivity contribution in [1.29, 1.82) is 0 Å². The highest BCUT2D eigenvalue weighted by molar-refractivity contribution is 6.30. The Labute approximate surface area is 120 Å². The average Bonchev–Trinajstić information content (AvgIpc) is 2.34. The molecule has 1 unspecified atom stereocenters. The zero-order valence-corrected chi connectivity index (χ0v) is 12.6. The van der Waals surface area contributed by atoms with Crippen LogP contribution in [0, 0.1) is 5.92 Å². The fraction of sp³-hybridized carbons (Fsp3) is 0.533. The van der Waals surface area contributed by atoms with Gasteiger partial charge in [-0.1, -0.05) is 37.6 Å². The van der Waals surface area contributed by atoms with Gasteiger partial charge >= 0.3 is 6.03 Å². The molecule has 3 nitrogen and oxygen atoms in total. The van der Waals surface area contributed by atoms with Crippen LogP contribution in [0.4, 0.5) is 4.79 Å². The van der Waals surface area contributed by atoms with Crippen molar-refractivity contribution in [2.24, 2.45) is 5.92 Å². The van der Waals surface area contributed by atoms with Crippen LogP contribution >= 0.6 is 11.6 Å². The maximum absolute atomic E-state index is 11.7. The smallest absolute Gasteiger partial charge is 0.315 e. The second-order valence-electron chi connectivity index (χ2n) is 5.21. The van der Waals surface area contributed by atoms with Gasteiger partial charge in [-0.15, -0.1) is 0 Å². The molecule has 0 bridgehead atoms. The number of nitrogens with one attached hydrogen (secondary N) is 2. The monoisotopic (exact) mass is 282 g/mol. The number of hydrogen-bond acceptors (Lipinski definition) is 1. The molecule has 0 spiro atoms. The van der Waals surface area contributed by atoms with E-state index in [9.17, 15) is 4.79 Å². The molecule has 0 radical (unpaired) electrons. The summed E-state index contributed by atoms with van der Waals surface area (Å²) >= 11 is 5.93. The third-order valence-corrected chi connectivity index (χ3v) is 3.18. The maximum atomic E-state index is 11.7. The van der Waals surface area contributed by atoms with Crippen molar-refractivity contribution in [2.75, 3.05) is 6.54 Å². The number of hydrogen-bond donors (Lipinski definition) is 2. The van der Waals surface area contributed by atoms with Crippen molar-refractivity contribution < 1.29 is 4.79 Å². The number of halogens is 1. The fourth-order valence-electron chi connectivity index (χ4n) is 1.82. The quantitative estimate of drug-likeness (QED) is 0.757. The van der Waals surface area contributed by atoms with Crippen LogP contribution in [-0.4, -0.2) is 12.6 Å². The van der Waals surface area contributed by atoms with Crippen LogP contribution in [0.15, 0.2) is 24.3 Å². The largest absolute Gasteiger partial charge is 0.338 e. The van der Waals surface area contributed by atoms with Crippen molar-refractivity contribution in [2.45, 2.75) is 39.7 Å². The molecule has 0 saturated heterocycles. The van der Waals surface area contributed by atoms with Gasteiger partial charge in [0.25, 0.3) is 0 Å². The molecule has 1 atom stereocenters. The molecule has 0 saturated carbocycles. The predicted molar refractivity (Wildman–Crippen MR) is 80.5 cm³/mol. The van der Waals surface area contributed by atoms with Crippen LogP contribution in [0.5, 0.6) is 0 Å². The second-order valence-corrected chi connectivity index (χ2v) is 5.65. The zero-order valence-electron chi connectivity index (χ0n) is 11.9. The Morgan fingerprint density at radius 1 is 1.32 bits per heavy atom. The molecule has 0 aliphatic carbocycles. The normalized spacial score (nSPS) is 12.3. The van der Waals surface area contributed by atoms with Gasteiger partial charge in [-0.25, -0.2) is 4.79 Å². The molecule has 2 amide bonds. The molecular weight excluding hydrogens is 260 g/mol. The van der Waals surface area contributed by atoms with E-state index in [2.05, 4.69) is 24.5 Å². The van der Waals surface area contributed by atoms with Crippen LogP contribution in [0.2, 0.25) is 5.02 Å². The van der Waals surface area contributed by atoms with E-state index in [1.807, 2.05) is 31.2 Å². The van der Waals surface area contributed by atoms with E-state index < -0.39 is 0 Å². The highest BCUT2D eigenvalue weighted by atomic mass is 35.5. The first-order valence-electron chi connectivity index (χ1n) is 6.79. The summed E-state index contributed by atoms with van der Waals surface area (Å²) < 4.78 is 0. The number of urea groups is 1. The van der Waals surface area contributed by atoms with Crippen molar-refractivity contribution in [3.8, 4) is 0 Å². The lowest BCUT2D eigenvalue weighted by Crippen LogP contribution is -2.37. The van der Waals surface area contributed by atoms with Crippen molar-refractivity contribution >= 4 is 17.6 Å². The molecule has 106 valence electrons. The van der Waals surface area contributed by atoms with Crippen LogP contribution in [-0.2, 0) is 0 Å². The molecule has 1 rings (SSSR count). The minimum absolute atomic E-state index is 0.0520. The van der Waals surface area contributed by atoms with Crippen LogP contribution in [0.3, 0.4) is 0 Å². The Hall–Kier alpha value is -1.22. The van der Waals surface area contributed by atoms with E-state index in [4.69, 9.17) is 11.6 Å². The average molecular weight is 283 g/mol. The van der Waals surface area contributed by atoms with Gasteiger partial charge in [-0.3, -0.25) is 0 Å². The highest BCUT2D eigenvalue weighted by Crippen LogP contribution is 2.17.